The summed E-state index contributed by atoms with van der Waals surface area (Å²) in [7, 11) is 0. The molecule has 0 aliphatic carbocycles. The molecule has 16 heavy (non-hydrogen) atoms. The van der Waals surface area contributed by atoms with E-state index in [0.717, 1.165) is 0 Å². The molecule has 1 atom stereocenters. The highest BCUT2D eigenvalue weighted by Crippen LogP contribution is 2.23. The summed E-state index contributed by atoms with van der Waals surface area (Å²) >= 11 is 0. The Morgan fingerprint density at radius 1 is 1.56 bits per heavy atom. The molecule has 6 nitrogen and oxygen atoms in total. The molecule has 0 radical (unpaired) electrons. The van der Waals surface area contributed by atoms with Gasteiger partial charge in [-0.2, -0.15) is 5.26 Å². The maximum Gasteiger partial charge on any atom is 0.337 e. The molecule has 0 aliphatic heterocycles. The van der Waals surface area contributed by atoms with Crippen molar-refractivity contribution in [2.75, 3.05) is 0 Å². The number of aromatic amines is 1. The first-order valence-corrected chi connectivity index (χ1v) is 4.41. The van der Waals surface area contributed by atoms with Crippen molar-refractivity contribution in [2.24, 2.45) is 0 Å². The number of carboxylic acid groups (broad SMARTS) is 1. The van der Waals surface area contributed by atoms with E-state index in [1.54, 1.807) is 6.07 Å². The number of imidazole rings is 1. The molecule has 0 aliphatic rings. The number of rotatable bonds is 2. The summed E-state index contributed by atoms with van der Waals surface area (Å²) in [5, 5.41) is 27.0. The van der Waals surface area contributed by atoms with Crippen LogP contribution in [0.5, 0.6) is 0 Å². The summed E-state index contributed by atoms with van der Waals surface area (Å²) in [5.41, 5.74) is 1.26. The van der Waals surface area contributed by atoms with Gasteiger partial charge in [0.2, 0.25) is 0 Å². The fraction of sp³-hybridized carbons (Fsp3) is 0.100. The van der Waals surface area contributed by atoms with Crippen molar-refractivity contribution in [3.8, 4) is 6.07 Å². The molecule has 6 heteroatoms. The largest absolute Gasteiger partial charge is 0.479 e. The second-order valence-electron chi connectivity index (χ2n) is 3.22. The number of nitrogens with zero attached hydrogens (tertiary/aromatic N) is 2. The average molecular weight is 217 g/mol. The highest BCUT2D eigenvalue weighted by atomic mass is 16.4. The zero-order valence-electron chi connectivity index (χ0n) is 8.01. The van der Waals surface area contributed by atoms with Crippen LogP contribution >= 0.6 is 0 Å². The van der Waals surface area contributed by atoms with E-state index < -0.39 is 12.1 Å². The number of carbonyl (C=O) groups is 1. The van der Waals surface area contributed by atoms with Crippen molar-refractivity contribution >= 4 is 17.0 Å². The van der Waals surface area contributed by atoms with Gasteiger partial charge in [0.1, 0.15) is 0 Å². The van der Waals surface area contributed by atoms with Gasteiger partial charge in [-0.1, -0.05) is 0 Å². The van der Waals surface area contributed by atoms with Crippen molar-refractivity contribution in [3.63, 3.8) is 0 Å². The van der Waals surface area contributed by atoms with Crippen molar-refractivity contribution in [3.05, 3.63) is 29.6 Å². The van der Waals surface area contributed by atoms with E-state index in [0.29, 0.717) is 11.0 Å². The number of aliphatic hydroxyl groups excluding tert-OH is 1. The number of H-pyrrole nitrogens is 1. The number of hydrogen-bond acceptors (Lipinski definition) is 4. The Balaban J connectivity index is 2.71. The number of nitriles is 1. The van der Waals surface area contributed by atoms with E-state index in [9.17, 15) is 9.90 Å². The molecule has 0 amide bonds. The third-order valence-electron chi connectivity index (χ3n) is 2.21. The summed E-state index contributed by atoms with van der Waals surface area (Å²) in [5.74, 6) is -1.38. The molecule has 1 unspecified atom stereocenters. The van der Waals surface area contributed by atoms with Crippen LogP contribution in [0.25, 0.3) is 11.0 Å². The molecule has 2 rings (SSSR count). The fourth-order valence-corrected chi connectivity index (χ4v) is 1.48. The van der Waals surface area contributed by atoms with Crippen LogP contribution in [0.2, 0.25) is 0 Å². The van der Waals surface area contributed by atoms with Gasteiger partial charge in [-0.3, -0.25) is 0 Å². The molecule has 1 heterocycles. The van der Waals surface area contributed by atoms with Gasteiger partial charge in [-0.05, 0) is 12.1 Å². The van der Waals surface area contributed by atoms with Crippen LogP contribution in [0.4, 0.5) is 0 Å². The van der Waals surface area contributed by atoms with Crippen molar-refractivity contribution < 1.29 is 15.0 Å². The van der Waals surface area contributed by atoms with Crippen molar-refractivity contribution in [1.82, 2.24) is 9.97 Å². The lowest BCUT2D eigenvalue weighted by Crippen LogP contribution is -2.11. The summed E-state index contributed by atoms with van der Waals surface area (Å²) < 4.78 is 0. The van der Waals surface area contributed by atoms with Gasteiger partial charge in [0.05, 0.1) is 29.0 Å². The van der Waals surface area contributed by atoms with Crippen molar-refractivity contribution in [1.29, 1.82) is 5.26 Å². The highest BCUT2D eigenvalue weighted by molar-refractivity contribution is 5.86. The van der Waals surface area contributed by atoms with Crippen LogP contribution in [-0.4, -0.2) is 26.2 Å². The molecule has 2 aromatic rings. The molecule has 0 spiro atoms. The van der Waals surface area contributed by atoms with Gasteiger partial charge in [0.25, 0.3) is 0 Å². The minimum atomic E-state index is -1.68. The molecule has 0 saturated heterocycles. The number of nitrogens with one attached hydrogen (secondary N) is 1. The quantitative estimate of drug-likeness (QED) is 0.680. The minimum absolute atomic E-state index is 0.114. The zero-order chi connectivity index (χ0) is 11.7. The van der Waals surface area contributed by atoms with E-state index in [1.807, 2.05) is 6.07 Å². The van der Waals surface area contributed by atoms with Gasteiger partial charge in [-0.25, -0.2) is 9.78 Å². The Hall–Kier alpha value is -2.39. The van der Waals surface area contributed by atoms with E-state index in [1.165, 1.54) is 12.4 Å². The molecule has 1 aromatic heterocycles. The number of aliphatic hydroxyl groups is 1. The SMILES string of the molecule is N#Cc1cc(C(O)C(=O)O)c2nc[nH]c2c1. The van der Waals surface area contributed by atoms with E-state index >= 15 is 0 Å². The Bertz CT molecular complexity index is 597. The van der Waals surface area contributed by atoms with E-state index in [4.69, 9.17) is 10.4 Å². The number of aromatic nitrogens is 2. The van der Waals surface area contributed by atoms with E-state index in [2.05, 4.69) is 9.97 Å². The smallest absolute Gasteiger partial charge is 0.337 e. The van der Waals surface area contributed by atoms with Gasteiger partial charge < -0.3 is 15.2 Å². The fourth-order valence-electron chi connectivity index (χ4n) is 1.48. The number of hydrogen-bond donors (Lipinski definition) is 3. The number of aliphatic carboxylic acids is 1. The van der Waals surface area contributed by atoms with Crippen LogP contribution in [0, 0.1) is 11.3 Å². The number of benzene rings is 1. The summed E-state index contributed by atoms with van der Waals surface area (Å²) in [4.78, 5) is 17.4. The van der Waals surface area contributed by atoms with Crippen molar-refractivity contribution in [2.45, 2.75) is 6.10 Å². The Labute approximate surface area is 89.8 Å². The number of fused-ring (bicyclic) bond motifs is 1. The summed E-state index contributed by atoms with van der Waals surface area (Å²) in [6.45, 7) is 0. The van der Waals surface area contributed by atoms with E-state index in [-0.39, 0.29) is 11.1 Å². The number of carboxylic acids is 1. The Kier molecular flexibility index (Phi) is 2.31. The first kappa shape index (κ1) is 10.1. The predicted molar refractivity (Wildman–Crippen MR) is 53.4 cm³/mol. The monoisotopic (exact) mass is 217 g/mol. The third-order valence-corrected chi connectivity index (χ3v) is 2.21. The normalized spacial score (nSPS) is 12.2. The lowest BCUT2D eigenvalue weighted by molar-refractivity contribution is -0.146. The topological polar surface area (TPSA) is 110 Å². The maximum atomic E-state index is 10.7. The maximum absolute atomic E-state index is 10.7. The van der Waals surface area contributed by atoms with Gasteiger partial charge >= 0.3 is 5.97 Å². The predicted octanol–water partition coefficient (Wildman–Crippen LogP) is 0.553. The molecule has 80 valence electrons. The average Bonchev–Trinajstić information content (AvgIpc) is 2.74. The van der Waals surface area contributed by atoms with Crippen LogP contribution in [0.3, 0.4) is 0 Å². The zero-order valence-corrected chi connectivity index (χ0v) is 8.01. The van der Waals surface area contributed by atoms with Crippen LogP contribution in [0.15, 0.2) is 18.5 Å². The lowest BCUT2D eigenvalue weighted by Gasteiger charge is -2.06. The Morgan fingerprint density at radius 2 is 2.31 bits per heavy atom. The van der Waals surface area contributed by atoms with Crippen LogP contribution < -0.4 is 0 Å². The highest BCUT2D eigenvalue weighted by Gasteiger charge is 2.20. The summed E-state index contributed by atoms with van der Waals surface area (Å²) in [6, 6.07) is 4.75. The summed E-state index contributed by atoms with van der Waals surface area (Å²) in [6.07, 6.45) is -0.303. The van der Waals surface area contributed by atoms with Gasteiger partial charge in [-0.15, -0.1) is 0 Å². The van der Waals surface area contributed by atoms with Crippen LogP contribution in [-0.2, 0) is 4.79 Å². The molecule has 0 fully saturated rings. The minimum Gasteiger partial charge on any atom is -0.479 e. The molecule has 0 bridgehead atoms. The van der Waals surface area contributed by atoms with Gasteiger partial charge in [0, 0.05) is 5.56 Å². The Morgan fingerprint density at radius 3 is 2.94 bits per heavy atom. The van der Waals surface area contributed by atoms with Crippen LogP contribution in [0.1, 0.15) is 17.2 Å². The second-order valence-corrected chi connectivity index (χ2v) is 3.22. The third kappa shape index (κ3) is 1.49. The molecule has 0 saturated carbocycles. The first-order valence-electron chi connectivity index (χ1n) is 4.41. The lowest BCUT2D eigenvalue weighted by atomic mass is 10.0. The first-order chi connectivity index (χ1) is 7.63. The molecular weight excluding hydrogens is 210 g/mol. The van der Waals surface area contributed by atoms with Gasteiger partial charge in [0.15, 0.2) is 6.10 Å². The molecule has 3 N–H and O–H groups in total. The second kappa shape index (κ2) is 3.64. The standard InChI is InChI=1S/C10H7N3O3/c11-3-5-1-6(9(14)10(15)16)8-7(2-5)12-4-13-8/h1-2,4,9,14H,(H,12,13)(H,15,16). The molecular formula is C10H7N3O3. The molecule has 1 aromatic carbocycles.